The van der Waals surface area contributed by atoms with Gasteiger partial charge < -0.3 is 9.32 Å². The summed E-state index contributed by atoms with van der Waals surface area (Å²) in [7, 11) is 0. The van der Waals surface area contributed by atoms with Crippen molar-refractivity contribution in [2.45, 2.75) is 6.92 Å². The molecule has 2 heteroatoms. The Kier molecular flexibility index (Phi) is 6.05. The summed E-state index contributed by atoms with van der Waals surface area (Å²) in [5.41, 5.74) is 11.2. The quantitative estimate of drug-likeness (QED) is 0.211. The van der Waals surface area contributed by atoms with E-state index in [4.69, 9.17) is 4.42 Å². The predicted octanol–water partition coefficient (Wildman–Crippen LogP) is 11.9. The van der Waals surface area contributed by atoms with Crippen molar-refractivity contribution >= 4 is 49.8 Å². The molecule has 0 saturated heterocycles. The van der Waals surface area contributed by atoms with Gasteiger partial charge in [0.2, 0.25) is 0 Å². The molecule has 43 heavy (non-hydrogen) atoms. The van der Waals surface area contributed by atoms with Crippen LogP contribution < -0.4 is 4.90 Å². The number of hydrogen-bond donors (Lipinski definition) is 0. The van der Waals surface area contributed by atoms with E-state index in [1.807, 2.05) is 0 Å². The van der Waals surface area contributed by atoms with Gasteiger partial charge in [-0.2, -0.15) is 0 Å². The maximum atomic E-state index is 6.48. The van der Waals surface area contributed by atoms with Crippen molar-refractivity contribution < 1.29 is 4.42 Å². The van der Waals surface area contributed by atoms with Crippen molar-refractivity contribution in [3.8, 4) is 22.3 Å². The highest BCUT2D eigenvalue weighted by Crippen LogP contribution is 2.45. The van der Waals surface area contributed by atoms with Crippen LogP contribution in [0, 0.1) is 6.92 Å². The molecule has 204 valence electrons. The fourth-order valence-electron chi connectivity index (χ4n) is 6.28. The number of fused-ring (bicyclic) bond motifs is 5. The van der Waals surface area contributed by atoms with Gasteiger partial charge >= 0.3 is 0 Å². The lowest BCUT2D eigenvalue weighted by molar-refractivity contribution is 0.672. The van der Waals surface area contributed by atoms with Gasteiger partial charge in [-0.05, 0) is 71.1 Å². The third-order valence-corrected chi connectivity index (χ3v) is 8.40. The fraction of sp³-hybridized carbons (Fsp3) is 0.0244. The number of hydrogen-bond acceptors (Lipinski definition) is 2. The van der Waals surface area contributed by atoms with Crippen LogP contribution in [0.4, 0.5) is 17.1 Å². The largest absolute Gasteiger partial charge is 0.455 e. The molecule has 0 bridgehead atoms. The molecule has 0 amide bonds. The maximum Gasteiger partial charge on any atom is 0.143 e. The number of rotatable bonds is 5. The number of nitrogens with zero attached hydrogens (tertiary/aromatic N) is 1. The van der Waals surface area contributed by atoms with Crippen molar-refractivity contribution in [1.82, 2.24) is 0 Å². The summed E-state index contributed by atoms with van der Waals surface area (Å²) < 4.78 is 6.48. The van der Waals surface area contributed by atoms with E-state index in [0.717, 1.165) is 44.4 Å². The minimum atomic E-state index is 0.922. The predicted molar refractivity (Wildman–Crippen MR) is 182 cm³/mol. The van der Waals surface area contributed by atoms with E-state index in [-0.39, 0.29) is 0 Å². The van der Waals surface area contributed by atoms with Gasteiger partial charge in [0.05, 0.1) is 5.69 Å². The van der Waals surface area contributed by atoms with Crippen LogP contribution in [-0.2, 0) is 0 Å². The van der Waals surface area contributed by atoms with Crippen LogP contribution in [0.5, 0.6) is 0 Å². The molecular weight excluding hydrogens is 522 g/mol. The molecule has 2 nitrogen and oxygen atoms in total. The van der Waals surface area contributed by atoms with Gasteiger partial charge in [-0.3, -0.25) is 0 Å². The first-order chi connectivity index (χ1) is 21.2. The Bertz CT molecular complexity index is 2210. The average molecular weight is 552 g/mol. The lowest BCUT2D eigenvalue weighted by Crippen LogP contribution is -2.10. The lowest BCUT2D eigenvalue weighted by atomic mass is 9.99. The third kappa shape index (κ3) is 4.36. The van der Waals surface area contributed by atoms with Gasteiger partial charge in [0.15, 0.2) is 0 Å². The molecule has 0 aliphatic heterocycles. The molecule has 8 rings (SSSR count). The van der Waals surface area contributed by atoms with E-state index in [1.54, 1.807) is 0 Å². The first-order valence-electron chi connectivity index (χ1n) is 14.7. The molecule has 0 atom stereocenters. The zero-order valence-corrected chi connectivity index (χ0v) is 23.9. The monoisotopic (exact) mass is 551 g/mol. The molecular formula is C41H29NO. The molecule has 0 radical (unpaired) electrons. The van der Waals surface area contributed by atoms with Crippen molar-refractivity contribution in [2.75, 3.05) is 4.90 Å². The highest BCUT2D eigenvalue weighted by Gasteiger charge is 2.20. The second-order valence-electron chi connectivity index (χ2n) is 11.0. The Morgan fingerprint density at radius 2 is 0.977 bits per heavy atom. The molecule has 1 aromatic heterocycles. The SMILES string of the molecule is Cc1cccc2oc3c4ccccc4c(N(c4ccccc4)c4ccc(-c5ccc(-c6ccccc6)cc5)cc4)cc3c12. The van der Waals surface area contributed by atoms with Crippen molar-refractivity contribution in [1.29, 1.82) is 0 Å². The van der Waals surface area contributed by atoms with Crippen LogP contribution in [-0.4, -0.2) is 0 Å². The number of anilines is 3. The summed E-state index contributed by atoms with van der Waals surface area (Å²) in [6.07, 6.45) is 0. The third-order valence-electron chi connectivity index (χ3n) is 8.40. The normalized spacial score (nSPS) is 11.4. The number of furan rings is 1. The summed E-state index contributed by atoms with van der Waals surface area (Å²) in [6.45, 7) is 2.16. The minimum absolute atomic E-state index is 0.922. The first kappa shape index (κ1) is 25.1. The van der Waals surface area contributed by atoms with Crippen LogP contribution >= 0.6 is 0 Å². The van der Waals surface area contributed by atoms with Gasteiger partial charge in [0.1, 0.15) is 11.2 Å². The Balaban J connectivity index is 1.28. The Morgan fingerprint density at radius 1 is 0.442 bits per heavy atom. The van der Waals surface area contributed by atoms with E-state index in [2.05, 4.69) is 170 Å². The van der Waals surface area contributed by atoms with E-state index >= 15 is 0 Å². The smallest absolute Gasteiger partial charge is 0.143 e. The summed E-state index contributed by atoms with van der Waals surface area (Å²) in [6, 6.07) is 56.0. The summed E-state index contributed by atoms with van der Waals surface area (Å²) in [5.74, 6) is 0. The molecule has 0 N–H and O–H groups in total. The van der Waals surface area contributed by atoms with Crippen LogP contribution in [0.25, 0.3) is 55.0 Å². The second-order valence-corrected chi connectivity index (χ2v) is 11.0. The lowest BCUT2D eigenvalue weighted by Gasteiger charge is -2.27. The van der Waals surface area contributed by atoms with Crippen LogP contribution in [0.3, 0.4) is 0 Å². The molecule has 1 heterocycles. The second kappa shape index (κ2) is 10.3. The van der Waals surface area contributed by atoms with E-state index in [1.165, 1.54) is 33.2 Å². The summed E-state index contributed by atoms with van der Waals surface area (Å²) in [5, 5.41) is 4.57. The van der Waals surface area contributed by atoms with Crippen molar-refractivity contribution in [2.24, 2.45) is 0 Å². The van der Waals surface area contributed by atoms with Gasteiger partial charge in [-0.15, -0.1) is 0 Å². The Labute approximate surface area is 251 Å². The number of aryl methyl sites for hydroxylation is 1. The van der Waals surface area contributed by atoms with Crippen molar-refractivity contribution in [3.63, 3.8) is 0 Å². The number of para-hydroxylation sites is 1. The highest BCUT2D eigenvalue weighted by molar-refractivity contribution is 6.20. The molecule has 0 saturated carbocycles. The van der Waals surface area contributed by atoms with Gasteiger partial charge in [-0.1, -0.05) is 121 Å². The molecule has 0 fully saturated rings. The highest BCUT2D eigenvalue weighted by atomic mass is 16.3. The maximum absolute atomic E-state index is 6.48. The van der Waals surface area contributed by atoms with Crippen LogP contribution in [0.2, 0.25) is 0 Å². The average Bonchev–Trinajstić information content (AvgIpc) is 3.46. The first-order valence-corrected chi connectivity index (χ1v) is 14.7. The molecule has 7 aromatic carbocycles. The molecule has 0 aliphatic carbocycles. The van der Waals surface area contributed by atoms with E-state index in [0.29, 0.717) is 0 Å². The van der Waals surface area contributed by atoms with Crippen LogP contribution in [0.15, 0.2) is 162 Å². The standard InChI is InChI=1S/C41H29NO/c1-28-11-10-18-39-40(28)37-27-38(35-16-8-9-17-36(35)41(37)43-39)42(33-14-6-3-7-15-33)34-25-23-32(24-26-34)31-21-19-30(20-22-31)29-12-4-2-5-13-29/h2-27H,1H3. The minimum Gasteiger partial charge on any atom is -0.455 e. The topological polar surface area (TPSA) is 16.4 Å². The van der Waals surface area contributed by atoms with Gasteiger partial charge in [-0.25, -0.2) is 0 Å². The summed E-state index contributed by atoms with van der Waals surface area (Å²) in [4.78, 5) is 2.36. The molecule has 0 aliphatic rings. The van der Waals surface area contributed by atoms with Crippen LogP contribution in [0.1, 0.15) is 5.56 Å². The van der Waals surface area contributed by atoms with E-state index in [9.17, 15) is 0 Å². The molecule has 0 spiro atoms. The zero-order valence-electron chi connectivity index (χ0n) is 23.9. The van der Waals surface area contributed by atoms with E-state index < -0.39 is 0 Å². The van der Waals surface area contributed by atoms with Gasteiger partial charge in [0.25, 0.3) is 0 Å². The Morgan fingerprint density at radius 3 is 1.65 bits per heavy atom. The van der Waals surface area contributed by atoms with Gasteiger partial charge in [0, 0.05) is 32.9 Å². The Hall–Kier alpha value is -5.60. The fourth-order valence-corrected chi connectivity index (χ4v) is 6.28. The number of benzene rings is 7. The molecule has 0 unspecified atom stereocenters. The summed E-state index contributed by atoms with van der Waals surface area (Å²) >= 11 is 0. The zero-order chi connectivity index (χ0) is 28.8. The van der Waals surface area contributed by atoms with Crippen molar-refractivity contribution in [3.05, 3.63) is 163 Å². The molecule has 8 aromatic rings.